The quantitative estimate of drug-likeness (QED) is 0.892. The average molecular weight is 275 g/mol. The first kappa shape index (κ1) is 15.5. The Hall–Kier alpha value is -0.860. The fourth-order valence-electron chi connectivity index (χ4n) is 3.18. The lowest BCUT2D eigenvalue weighted by Gasteiger charge is -2.41. The Balaban J connectivity index is 2.23. The van der Waals surface area contributed by atoms with E-state index < -0.39 is 0 Å². The van der Waals surface area contributed by atoms with E-state index >= 15 is 0 Å². The van der Waals surface area contributed by atoms with Crippen molar-refractivity contribution < 1.29 is 4.74 Å². The number of hydrogen-bond acceptors (Lipinski definition) is 2. The van der Waals surface area contributed by atoms with Gasteiger partial charge in [0.25, 0.3) is 0 Å². The van der Waals surface area contributed by atoms with Crippen LogP contribution in [0.5, 0.6) is 0 Å². The Morgan fingerprint density at radius 1 is 1.15 bits per heavy atom. The normalized spacial score (nSPS) is 25.4. The van der Waals surface area contributed by atoms with Gasteiger partial charge in [0, 0.05) is 6.61 Å². The Kier molecular flexibility index (Phi) is 4.55. The van der Waals surface area contributed by atoms with Crippen LogP contribution in [0.2, 0.25) is 0 Å². The molecule has 1 aliphatic rings. The van der Waals surface area contributed by atoms with Gasteiger partial charge in [-0.3, -0.25) is 0 Å². The summed E-state index contributed by atoms with van der Waals surface area (Å²) < 4.78 is 6.11. The molecule has 1 aromatic rings. The second-order valence-corrected chi connectivity index (χ2v) is 7.21. The minimum atomic E-state index is -0.0871. The molecule has 1 heterocycles. The predicted molar refractivity (Wildman–Crippen MR) is 85.2 cm³/mol. The van der Waals surface area contributed by atoms with Gasteiger partial charge in [0.05, 0.1) is 11.6 Å². The molecule has 0 radical (unpaired) electrons. The highest BCUT2D eigenvalue weighted by molar-refractivity contribution is 5.30. The summed E-state index contributed by atoms with van der Waals surface area (Å²) in [6.07, 6.45) is 3.57. The molecule has 1 saturated heterocycles. The topological polar surface area (TPSA) is 21.3 Å². The average Bonchev–Trinajstić information content (AvgIpc) is 2.39. The minimum Gasteiger partial charge on any atom is -0.373 e. The number of hydrogen-bond donors (Lipinski definition) is 1. The third-order valence-electron chi connectivity index (χ3n) is 4.51. The van der Waals surface area contributed by atoms with Crippen LogP contribution in [0, 0.1) is 0 Å². The summed E-state index contributed by atoms with van der Waals surface area (Å²) in [7, 11) is 2.03. The lowest BCUT2D eigenvalue weighted by atomic mass is 9.82. The van der Waals surface area contributed by atoms with Crippen molar-refractivity contribution in [1.82, 2.24) is 5.32 Å². The van der Waals surface area contributed by atoms with Crippen LogP contribution in [0.4, 0.5) is 0 Å². The Labute approximate surface area is 123 Å². The number of benzene rings is 1. The number of likely N-dealkylation sites (N-methyl/N-ethyl adjacent to an activating group) is 1. The zero-order valence-electron chi connectivity index (χ0n) is 13.6. The number of nitrogens with one attached hydrogen (secondary N) is 1. The molecule has 2 nitrogen and oxygen atoms in total. The van der Waals surface area contributed by atoms with Crippen LogP contribution < -0.4 is 5.32 Å². The van der Waals surface area contributed by atoms with E-state index in [-0.39, 0.29) is 17.1 Å². The van der Waals surface area contributed by atoms with Crippen LogP contribution in [0.3, 0.4) is 0 Å². The summed E-state index contributed by atoms with van der Waals surface area (Å²) in [5.41, 5.74) is 2.82. The van der Waals surface area contributed by atoms with E-state index in [1.807, 2.05) is 7.05 Å². The van der Waals surface area contributed by atoms with Crippen molar-refractivity contribution in [3.8, 4) is 0 Å². The summed E-state index contributed by atoms with van der Waals surface area (Å²) in [6.45, 7) is 9.88. The Bertz CT molecular complexity index is 424. The summed E-state index contributed by atoms with van der Waals surface area (Å²) in [4.78, 5) is 0. The Morgan fingerprint density at radius 3 is 2.25 bits per heavy atom. The first-order valence-corrected chi connectivity index (χ1v) is 7.78. The molecule has 1 aliphatic heterocycles. The van der Waals surface area contributed by atoms with Gasteiger partial charge < -0.3 is 10.1 Å². The van der Waals surface area contributed by atoms with Crippen molar-refractivity contribution in [2.75, 3.05) is 13.7 Å². The van der Waals surface area contributed by atoms with Gasteiger partial charge in [0.15, 0.2) is 0 Å². The van der Waals surface area contributed by atoms with Crippen LogP contribution in [-0.4, -0.2) is 19.3 Å². The lowest BCUT2D eigenvalue weighted by molar-refractivity contribution is -0.0884. The van der Waals surface area contributed by atoms with E-state index in [2.05, 4.69) is 57.3 Å². The van der Waals surface area contributed by atoms with Crippen molar-refractivity contribution in [3.05, 3.63) is 35.4 Å². The molecule has 2 unspecified atom stereocenters. The van der Waals surface area contributed by atoms with Gasteiger partial charge in [-0.1, -0.05) is 45.0 Å². The van der Waals surface area contributed by atoms with Crippen LogP contribution in [0.25, 0.3) is 0 Å². The van der Waals surface area contributed by atoms with E-state index in [0.717, 1.165) is 13.0 Å². The van der Waals surface area contributed by atoms with Gasteiger partial charge >= 0.3 is 0 Å². The molecule has 2 heteroatoms. The van der Waals surface area contributed by atoms with E-state index in [9.17, 15) is 0 Å². The first-order chi connectivity index (χ1) is 9.37. The molecular formula is C18H29NO. The SMILES string of the molecule is CNC(c1ccc(C(C)(C)C)cc1)C1(C)CCCCO1. The third kappa shape index (κ3) is 3.24. The molecule has 20 heavy (non-hydrogen) atoms. The predicted octanol–water partition coefficient (Wildman–Crippen LogP) is 4.20. The second-order valence-electron chi connectivity index (χ2n) is 7.21. The smallest absolute Gasteiger partial charge is 0.0848 e. The fourth-order valence-corrected chi connectivity index (χ4v) is 3.18. The molecule has 1 N–H and O–H groups in total. The van der Waals surface area contributed by atoms with Gasteiger partial charge in [-0.25, -0.2) is 0 Å². The molecule has 1 fully saturated rings. The highest BCUT2D eigenvalue weighted by Gasteiger charge is 2.36. The standard InChI is InChI=1S/C18H29NO/c1-17(2,3)15-10-8-14(9-11-15)16(19-5)18(4)12-6-7-13-20-18/h8-11,16,19H,6-7,12-13H2,1-5H3. The maximum atomic E-state index is 6.11. The first-order valence-electron chi connectivity index (χ1n) is 7.78. The van der Waals surface area contributed by atoms with Gasteiger partial charge in [-0.15, -0.1) is 0 Å². The zero-order valence-corrected chi connectivity index (χ0v) is 13.6. The molecule has 2 atom stereocenters. The van der Waals surface area contributed by atoms with E-state index in [1.54, 1.807) is 0 Å². The summed E-state index contributed by atoms with van der Waals surface area (Å²) in [5.74, 6) is 0. The summed E-state index contributed by atoms with van der Waals surface area (Å²) in [5, 5.41) is 3.46. The van der Waals surface area contributed by atoms with Crippen molar-refractivity contribution in [2.45, 2.75) is 64.0 Å². The molecule has 1 aromatic carbocycles. The fraction of sp³-hybridized carbons (Fsp3) is 0.667. The van der Waals surface area contributed by atoms with Gasteiger partial charge in [0.1, 0.15) is 0 Å². The molecular weight excluding hydrogens is 246 g/mol. The maximum absolute atomic E-state index is 6.11. The largest absolute Gasteiger partial charge is 0.373 e. The molecule has 0 aromatic heterocycles. The molecule has 0 amide bonds. The van der Waals surface area contributed by atoms with E-state index in [0.29, 0.717) is 0 Å². The van der Waals surface area contributed by atoms with Crippen LogP contribution in [0.15, 0.2) is 24.3 Å². The zero-order chi connectivity index (χ0) is 14.8. The molecule has 0 spiro atoms. The second kappa shape index (κ2) is 5.87. The van der Waals surface area contributed by atoms with Crippen LogP contribution >= 0.6 is 0 Å². The van der Waals surface area contributed by atoms with Gasteiger partial charge in [0.2, 0.25) is 0 Å². The highest BCUT2D eigenvalue weighted by Crippen LogP contribution is 2.37. The van der Waals surface area contributed by atoms with Crippen molar-refractivity contribution in [1.29, 1.82) is 0 Å². The number of rotatable bonds is 3. The molecule has 0 saturated carbocycles. The van der Waals surface area contributed by atoms with Crippen molar-refractivity contribution in [3.63, 3.8) is 0 Å². The third-order valence-corrected chi connectivity index (χ3v) is 4.51. The van der Waals surface area contributed by atoms with E-state index in [4.69, 9.17) is 4.74 Å². The summed E-state index contributed by atoms with van der Waals surface area (Å²) in [6, 6.07) is 9.28. The molecule has 0 aliphatic carbocycles. The van der Waals surface area contributed by atoms with Crippen molar-refractivity contribution in [2.24, 2.45) is 0 Å². The molecule has 0 bridgehead atoms. The molecule has 112 valence electrons. The van der Waals surface area contributed by atoms with Crippen molar-refractivity contribution >= 4 is 0 Å². The summed E-state index contributed by atoms with van der Waals surface area (Å²) >= 11 is 0. The van der Waals surface area contributed by atoms with Gasteiger partial charge in [-0.2, -0.15) is 0 Å². The Morgan fingerprint density at radius 2 is 1.80 bits per heavy atom. The number of ether oxygens (including phenoxy) is 1. The van der Waals surface area contributed by atoms with Crippen LogP contribution in [0.1, 0.15) is 64.1 Å². The lowest BCUT2D eigenvalue weighted by Crippen LogP contribution is -2.44. The van der Waals surface area contributed by atoms with E-state index in [1.165, 1.54) is 24.0 Å². The highest BCUT2D eigenvalue weighted by atomic mass is 16.5. The maximum Gasteiger partial charge on any atom is 0.0848 e. The van der Waals surface area contributed by atoms with Crippen LogP contribution in [-0.2, 0) is 10.2 Å². The minimum absolute atomic E-state index is 0.0871. The van der Waals surface area contributed by atoms with Gasteiger partial charge in [-0.05, 0) is 49.8 Å². The molecule has 2 rings (SSSR count). The monoisotopic (exact) mass is 275 g/mol.